The first-order valence-electron chi connectivity index (χ1n) is 11.9. The number of benzene rings is 2. The van der Waals surface area contributed by atoms with Crippen molar-refractivity contribution in [3.63, 3.8) is 0 Å². The lowest BCUT2D eigenvalue weighted by atomic mass is 10.2. The highest BCUT2D eigenvalue weighted by Crippen LogP contribution is 2.16. The van der Waals surface area contributed by atoms with E-state index in [0.29, 0.717) is 30.8 Å². The summed E-state index contributed by atoms with van der Waals surface area (Å²) in [6, 6.07) is 21.8. The fraction of sp³-hybridized carbons (Fsp3) is 0.214. The first-order valence-corrected chi connectivity index (χ1v) is 11.9. The predicted octanol–water partition coefficient (Wildman–Crippen LogP) is 3.25. The molecular formula is C28H30N4O5. The summed E-state index contributed by atoms with van der Waals surface area (Å²) in [6.07, 6.45) is 4.70. The summed E-state index contributed by atoms with van der Waals surface area (Å²) < 4.78 is 5.54. The molecule has 1 aromatic heterocycles. The number of rotatable bonds is 14. The molecule has 0 spiro atoms. The maximum Gasteiger partial charge on any atom is 0.303 e. The third-order valence-electron chi connectivity index (χ3n) is 5.15. The van der Waals surface area contributed by atoms with Crippen molar-refractivity contribution in [2.45, 2.75) is 25.4 Å². The van der Waals surface area contributed by atoms with Crippen LogP contribution in [0.2, 0.25) is 0 Å². The van der Waals surface area contributed by atoms with Crippen molar-refractivity contribution >= 4 is 29.5 Å². The average molecular weight is 503 g/mol. The lowest BCUT2D eigenvalue weighted by Gasteiger charge is -2.20. The molecule has 0 saturated heterocycles. The molecule has 37 heavy (non-hydrogen) atoms. The molecule has 0 radical (unpaired) electrons. The molecule has 0 aliphatic heterocycles. The molecule has 0 aliphatic rings. The number of hydrogen-bond acceptors (Lipinski definition) is 6. The van der Waals surface area contributed by atoms with Crippen LogP contribution >= 0.6 is 0 Å². The van der Waals surface area contributed by atoms with Gasteiger partial charge in [-0.3, -0.25) is 19.4 Å². The van der Waals surface area contributed by atoms with Gasteiger partial charge in [0, 0.05) is 43.0 Å². The van der Waals surface area contributed by atoms with E-state index in [2.05, 4.69) is 20.9 Å². The van der Waals surface area contributed by atoms with Crippen LogP contribution in [0.25, 0.3) is 6.08 Å². The Labute approximate surface area is 215 Å². The van der Waals surface area contributed by atoms with E-state index in [4.69, 9.17) is 9.84 Å². The minimum Gasteiger partial charge on any atom is -0.494 e. The van der Waals surface area contributed by atoms with Crippen molar-refractivity contribution in [2.75, 3.05) is 18.5 Å². The molecule has 3 aromatic rings. The van der Waals surface area contributed by atoms with Gasteiger partial charge in [-0.1, -0.05) is 36.4 Å². The molecular weight excluding hydrogens is 472 g/mol. The van der Waals surface area contributed by atoms with E-state index in [1.807, 2.05) is 48.5 Å². The third kappa shape index (κ3) is 10.2. The zero-order valence-corrected chi connectivity index (χ0v) is 20.3. The molecule has 0 saturated carbocycles. The number of nitrogens with one attached hydrogen (secondary N) is 3. The van der Waals surface area contributed by atoms with Crippen LogP contribution in [0.3, 0.4) is 0 Å². The second-order valence-corrected chi connectivity index (χ2v) is 8.06. The van der Waals surface area contributed by atoms with Crippen LogP contribution < -0.4 is 20.7 Å². The van der Waals surface area contributed by atoms with Crippen molar-refractivity contribution in [2.24, 2.45) is 0 Å². The van der Waals surface area contributed by atoms with Gasteiger partial charge in [0.05, 0.1) is 6.61 Å². The van der Waals surface area contributed by atoms with E-state index in [0.717, 1.165) is 11.3 Å². The number of ether oxygens (including phenoxy) is 1. The molecule has 2 aromatic carbocycles. The Bertz CT molecular complexity index is 1170. The van der Waals surface area contributed by atoms with Crippen molar-refractivity contribution in [3.05, 3.63) is 96.3 Å². The fourth-order valence-corrected chi connectivity index (χ4v) is 3.28. The lowest BCUT2D eigenvalue weighted by Crippen LogP contribution is -2.51. The molecule has 9 nitrogen and oxygen atoms in total. The SMILES string of the molecule is O=C(O)CCCOc1ccc(NC(NC(=O)C=Cc2ccccc2)C(=O)NCCc2ccccn2)cc1. The molecule has 0 aliphatic carbocycles. The topological polar surface area (TPSA) is 130 Å². The normalized spacial score (nSPS) is 11.5. The van der Waals surface area contributed by atoms with E-state index < -0.39 is 23.9 Å². The second-order valence-electron chi connectivity index (χ2n) is 8.06. The summed E-state index contributed by atoms with van der Waals surface area (Å²) in [6.45, 7) is 0.636. The third-order valence-corrected chi connectivity index (χ3v) is 5.15. The number of hydrogen-bond donors (Lipinski definition) is 4. The highest BCUT2D eigenvalue weighted by Gasteiger charge is 2.19. The number of carboxylic acid groups (broad SMARTS) is 1. The van der Waals surface area contributed by atoms with Crippen LogP contribution in [0, 0.1) is 0 Å². The average Bonchev–Trinajstić information content (AvgIpc) is 2.91. The summed E-state index contributed by atoms with van der Waals surface area (Å²) in [5.41, 5.74) is 2.30. The number of aliphatic carboxylic acids is 1. The van der Waals surface area contributed by atoms with Gasteiger partial charge in [0.1, 0.15) is 5.75 Å². The Morgan fingerprint density at radius 3 is 2.43 bits per heavy atom. The lowest BCUT2D eigenvalue weighted by molar-refractivity contribution is -0.137. The smallest absolute Gasteiger partial charge is 0.303 e. The summed E-state index contributed by atoms with van der Waals surface area (Å²) in [5.74, 6) is -1.12. The van der Waals surface area contributed by atoms with Gasteiger partial charge in [0.15, 0.2) is 6.17 Å². The molecule has 4 N–H and O–H groups in total. The summed E-state index contributed by atoms with van der Waals surface area (Å²) in [5, 5.41) is 17.3. The van der Waals surface area contributed by atoms with Gasteiger partial charge in [-0.25, -0.2) is 0 Å². The van der Waals surface area contributed by atoms with E-state index >= 15 is 0 Å². The molecule has 2 amide bonds. The Balaban J connectivity index is 1.60. The first kappa shape index (κ1) is 26.9. The van der Waals surface area contributed by atoms with Crippen LogP contribution in [0.1, 0.15) is 24.1 Å². The fourth-order valence-electron chi connectivity index (χ4n) is 3.28. The Hall–Kier alpha value is -4.66. The molecule has 0 fully saturated rings. The van der Waals surface area contributed by atoms with Crippen LogP contribution in [0.15, 0.2) is 85.1 Å². The summed E-state index contributed by atoms with van der Waals surface area (Å²) in [7, 11) is 0. The number of nitrogens with zero attached hydrogens (tertiary/aromatic N) is 1. The second kappa shape index (κ2) is 14.7. The van der Waals surface area contributed by atoms with Crippen molar-refractivity contribution in [3.8, 4) is 5.75 Å². The van der Waals surface area contributed by atoms with Crippen LogP contribution in [0.4, 0.5) is 5.69 Å². The highest BCUT2D eigenvalue weighted by molar-refractivity contribution is 5.96. The number of aromatic nitrogens is 1. The van der Waals surface area contributed by atoms with Crippen molar-refractivity contribution in [1.82, 2.24) is 15.6 Å². The molecule has 1 unspecified atom stereocenters. The van der Waals surface area contributed by atoms with E-state index in [9.17, 15) is 14.4 Å². The van der Waals surface area contributed by atoms with Gasteiger partial charge in [-0.05, 0) is 54.5 Å². The number of carboxylic acids is 1. The minimum absolute atomic E-state index is 0.0369. The van der Waals surface area contributed by atoms with Crippen LogP contribution in [0.5, 0.6) is 5.75 Å². The van der Waals surface area contributed by atoms with E-state index in [1.165, 1.54) is 6.08 Å². The first-order chi connectivity index (χ1) is 18.0. The number of anilines is 1. The van der Waals surface area contributed by atoms with E-state index in [-0.39, 0.29) is 13.0 Å². The number of amides is 2. The maximum atomic E-state index is 12.9. The molecule has 192 valence electrons. The Morgan fingerprint density at radius 1 is 0.973 bits per heavy atom. The quantitative estimate of drug-likeness (QED) is 0.151. The van der Waals surface area contributed by atoms with Gasteiger partial charge in [-0.2, -0.15) is 0 Å². The molecule has 3 rings (SSSR count). The van der Waals surface area contributed by atoms with Gasteiger partial charge in [-0.15, -0.1) is 0 Å². The van der Waals surface area contributed by atoms with Crippen LogP contribution in [-0.2, 0) is 20.8 Å². The van der Waals surface area contributed by atoms with Gasteiger partial charge in [0.25, 0.3) is 5.91 Å². The largest absolute Gasteiger partial charge is 0.494 e. The monoisotopic (exact) mass is 502 g/mol. The zero-order chi connectivity index (χ0) is 26.3. The Kier molecular flexibility index (Phi) is 10.7. The highest BCUT2D eigenvalue weighted by atomic mass is 16.5. The van der Waals surface area contributed by atoms with Gasteiger partial charge in [0.2, 0.25) is 5.91 Å². The summed E-state index contributed by atoms with van der Waals surface area (Å²) >= 11 is 0. The molecule has 0 bridgehead atoms. The van der Waals surface area contributed by atoms with Crippen LogP contribution in [-0.4, -0.2) is 47.2 Å². The minimum atomic E-state index is -1.03. The predicted molar refractivity (Wildman–Crippen MR) is 141 cm³/mol. The standard InChI is InChI=1S/C28H30N4O5/c33-25(16-11-21-7-2-1-3-8-21)32-27(28(36)30-19-17-22-9-4-5-18-29-22)31-23-12-14-24(15-13-23)37-20-6-10-26(34)35/h1-5,7-9,11-16,18,27,31H,6,10,17,19-20H2,(H,30,36)(H,32,33)(H,34,35). The van der Waals surface area contributed by atoms with E-state index in [1.54, 1.807) is 36.5 Å². The Morgan fingerprint density at radius 2 is 1.73 bits per heavy atom. The molecule has 9 heteroatoms. The van der Waals surface area contributed by atoms with Crippen molar-refractivity contribution in [1.29, 1.82) is 0 Å². The summed E-state index contributed by atoms with van der Waals surface area (Å²) in [4.78, 5) is 40.4. The van der Waals surface area contributed by atoms with Crippen molar-refractivity contribution < 1.29 is 24.2 Å². The number of carbonyl (C=O) groups is 3. The van der Waals surface area contributed by atoms with Gasteiger partial charge < -0.3 is 25.8 Å². The maximum absolute atomic E-state index is 12.9. The van der Waals surface area contributed by atoms with Gasteiger partial charge >= 0.3 is 5.97 Å². The zero-order valence-electron chi connectivity index (χ0n) is 20.3. The number of pyridine rings is 1. The molecule has 1 atom stereocenters. The number of carbonyl (C=O) groups excluding carboxylic acids is 2. The molecule has 1 heterocycles.